The second-order valence-electron chi connectivity index (χ2n) is 3.52. The zero-order chi connectivity index (χ0) is 13.5. The molecule has 0 aliphatic rings. The van der Waals surface area contributed by atoms with Crippen LogP contribution in [0.1, 0.15) is 13.3 Å². The Morgan fingerprint density at radius 2 is 2.28 bits per heavy atom. The minimum Gasteiger partial charge on any atom is -0.372 e. The first-order valence-corrected chi connectivity index (χ1v) is 5.36. The number of hydrogen-bond donors (Lipinski definition) is 1. The van der Waals surface area contributed by atoms with E-state index in [0.717, 1.165) is 18.6 Å². The van der Waals surface area contributed by atoms with Crippen molar-refractivity contribution in [2.75, 3.05) is 18.5 Å². The number of halogens is 1. The van der Waals surface area contributed by atoms with Crippen molar-refractivity contribution < 1.29 is 18.8 Å². The lowest BCUT2D eigenvalue weighted by Gasteiger charge is -2.05. The van der Waals surface area contributed by atoms with Gasteiger partial charge in [0.1, 0.15) is 6.61 Å². The second-order valence-corrected chi connectivity index (χ2v) is 3.52. The lowest BCUT2D eigenvalue weighted by molar-refractivity contribution is -0.387. The number of rotatable bonds is 6. The van der Waals surface area contributed by atoms with Gasteiger partial charge >= 0.3 is 5.69 Å². The first-order valence-electron chi connectivity index (χ1n) is 5.36. The van der Waals surface area contributed by atoms with Crippen molar-refractivity contribution in [3.05, 3.63) is 34.1 Å². The van der Waals surface area contributed by atoms with Crippen molar-refractivity contribution in [3.8, 4) is 0 Å². The molecule has 0 radical (unpaired) electrons. The van der Waals surface area contributed by atoms with E-state index in [1.54, 1.807) is 0 Å². The summed E-state index contributed by atoms with van der Waals surface area (Å²) in [5, 5.41) is 12.8. The summed E-state index contributed by atoms with van der Waals surface area (Å²) in [5.41, 5.74) is -0.474. The van der Waals surface area contributed by atoms with E-state index in [4.69, 9.17) is 4.74 Å². The van der Waals surface area contributed by atoms with Crippen molar-refractivity contribution in [3.63, 3.8) is 0 Å². The van der Waals surface area contributed by atoms with Crippen molar-refractivity contribution in [1.29, 1.82) is 0 Å². The highest BCUT2D eigenvalue weighted by Gasteiger charge is 2.14. The van der Waals surface area contributed by atoms with E-state index in [-0.39, 0.29) is 12.3 Å². The van der Waals surface area contributed by atoms with Crippen LogP contribution in [0.25, 0.3) is 0 Å². The average molecular weight is 256 g/mol. The topological polar surface area (TPSA) is 81.5 Å². The van der Waals surface area contributed by atoms with E-state index >= 15 is 0 Å². The Hall–Kier alpha value is -2.02. The Morgan fingerprint density at radius 3 is 2.83 bits per heavy atom. The number of nitro benzene ring substituents is 1. The largest absolute Gasteiger partial charge is 0.372 e. The number of anilines is 1. The molecule has 0 saturated carbocycles. The third-order valence-electron chi connectivity index (χ3n) is 2.01. The highest BCUT2D eigenvalue weighted by Crippen LogP contribution is 2.20. The summed E-state index contributed by atoms with van der Waals surface area (Å²) in [6, 6.07) is 3.16. The highest BCUT2D eigenvalue weighted by molar-refractivity contribution is 5.91. The maximum Gasteiger partial charge on any atom is 0.304 e. The van der Waals surface area contributed by atoms with E-state index in [9.17, 15) is 19.3 Å². The summed E-state index contributed by atoms with van der Waals surface area (Å²) in [7, 11) is 0. The number of carbonyl (C=O) groups excluding carboxylic acids is 1. The van der Waals surface area contributed by atoms with Gasteiger partial charge in [-0.15, -0.1) is 0 Å². The Kier molecular flexibility index (Phi) is 5.19. The van der Waals surface area contributed by atoms with Gasteiger partial charge in [-0.1, -0.05) is 6.92 Å². The normalized spacial score (nSPS) is 10.1. The van der Waals surface area contributed by atoms with Crippen molar-refractivity contribution in [2.24, 2.45) is 0 Å². The first kappa shape index (κ1) is 14.0. The maximum atomic E-state index is 13.2. The lowest BCUT2D eigenvalue weighted by atomic mass is 10.2. The number of benzene rings is 1. The van der Waals surface area contributed by atoms with Crippen LogP contribution in [-0.2, 0) is 9.53 Å². The number of carbonyl (C=O) groups is 1. The van der Waals surface area contributed by atoms with E-state index < -0.39 is 22.3 Å². The molecule has 0 spiro atoms. The van der Waals surface area contributed by atoms with Crippen LogP contribution in [0, 0.1) is 15.9 Å². The van der Waals surface area contributed by atoms with Gasteiger partial charge in [-0.3, -0.25) is 14.9 Å². The van der Waals surface area contributed by atoms with Gasteiger partial charge in [0.25, 0.3) is 0 Å². The SMILES string of the molecule is CCCOCC(=O)Nc1ccc([N+](=O)[O-])c(F)c1. The van der Waals surface area contributed by atoms with Crippen LogP contribution in [0.5, 0.6) is 0 Å². The summed E-state index contributed by atoms with van der Waals surface area (Å²) >= 11 is 0. The van der Waals surface area contributed by atoms with Crippen molar-refractivity contribution in [1.82, 2.24) is 0 Å². The first-order chi connectivity index (χ1) is 8.54. The molecule has 1 N–H and O–H groups in total. The number of hydrogen-bond acceptors (Lipinski definition) is 4. The lowest BCUT2D eigenvalue weighted by Crippen LogP contribution is -2.18. The molecule has 0 aliphatic heterocycles. The highest BCUT2D eigenvalue weighted by atomic mass is 19.1. The minimum atomic E-state index is -0.993. The van der Waals surface area contributed by atoms with Gasteiger partial charge in [0.05, 0.1) is 4.92 Å². The standard InChI is InChI=1S/C11H13FN2O4/c1-2-5-18-7-11(15)13-8-3-4-10(14(16)17)9(12)6-8/h3-4,6H,2,5,7H2,1H3,(H,13,15). The molecule has 0 atom stereocenters. The third-order valence-corrected chi connectivity index (χ3v) is 2.01. The molecule has 98 valence electrons. The molecular weight excluding hydrogens is 243 g/mol. The van der Waals surface area contributed by atoms with Gasteiger partial charge in [-0.25, -0.2) is 0 Å². The van der Waals surface area contributed by atoms with Crippen LogP contribution in [-0.4, -0.2) is 24.0 Å². The second kappa shape index (κ2) is 6.65. The zero-order valence-corrected chi connectivity index (χ0v) is 9.81. The van der Waals surface area contributed by atoms with Crippen LogP contribution in [0.2, 0.25) is 0 Å². The summed E-state index contributed by atoms with van der Waals surface area (Å²) in [6.07, 6.45) is 0.791. The molecule has 1 aromatic rings. The summed E-state index contributed by atoms with van der Waals surface area (Å²) in [5.74, 6) is -1.43. The Bertz CT molecular complexity index is 451. The summed E-state index contributed by atoms with van der Waals surface area (Å²) in [4.78, 5) is 20.9. The third kappa shape index (κ3) is 4.10. The molecule has 0 fully saturated rings. The van der Waals surface area contributed by atoms with Crippen LogP contribution < -0.4 is 5.32 Å². The molecule has 6 nitrogen and oxygen atoms in total. The smallest absolute Gasteiger partial charge is 0.304 e. The van der Waals surface area contributed by atoms with Gasteiger partial charge in [-0.05, 0) is 12.5 Å². The molecule has 0 saturated heterocycles. The van der Waals surface area contributed by atoms with Crippen LogP contribution in [0.3, 0.4) is 0 Å². The van der Waals surface area contributed by atoms with Gasteiger partial charge in [0, 0.05) is 24.4 Å². The van der Waals surface area contributed by atoms with E-state index in [2.05, 4.69) is 5.32 Å². The average Bonchev–Trinajstić information content (AvgIpc) is 2.28. The van der Waals surface area contributed by atoms with Crippen molar-refractivity contribution >= 4 is 17.3 Å². The monoisotopic (exact) mass is 256 g/mol. The van der Waals surface area contributed by atoms with E-state index in [1.165, 1.54) is 6.07 Å². The molecule has 18 heavy (non-hydrogen) atoms. The van der Waals surface area contributed by atoms with E-state index in [0.29, 0.717) is 6.61 Å². The van der Waals surface area contributed by atoms with Crippen LogP contribution in [0.15, 0.2) is 18.2 Å². The number of nitrogens with zero attached hydrogens (tertiary/aromatic N) is 1. The molecule has 1 rings (SSSR count). The van der Waals surface area contributed by atoms with Crippen molar-refractivity contribution in [2.45, 2.75) is 13.3 Å². The number of nitro groups is 1. The zero-order valence-electron chi connectivity index (χ0n) is 9.81. The molecule has 0 heterocycles. The fraction of sp³-hybridized carbons (Fsp3) is 0.364. The number of ether oxygens (including phenoxy) is 1. The maximum absolute atomic E-state index is 13.2. The molecule has 0 aliphatic carbocycles. The quantitative estimate of drug-likeness (QED) is 0.480. The van der Waals surface area contributed by atoms with Crippen LogP contribution in [0.4, 0.5) is 15.8 Å². The van der Waals surface area contributed by atoms with E-state index in [1.807, 2.05) is 6.92 Å². The number of nitrogens with one attached hydrogen (secondary N) is 1. The molecule has 1 aromatic carbocycles. The van der Waals surface area contributed by atoms with Gasteiger partial charge in [0.15, 0.2) is 0 Å². The van der Waals surface area contributed by atoms with Gasteiger partial charge in [0.2, 0.25) is 11.7 Å². The predicted molar refractivity (Wildman–Crippen MR) is 62.8 cm³/mol. The molecule has 0 unspecified atom stereocenters. The molecule has 1 amide bonds. The number of amides is 1. The predicted octanol–water partition coefficient (Wildman–Crippen LogP) is 2.10. The Balaban J connectivity index is 2.60. The fourth-order valence-corrected chi connectivity index (χ4v) is 1.24. The Labute approximate surface area is 103 Å². The molecule has 0 aromatic heterocycles. The van der Waals surface area contributed by atoms with Gasteiger partial charge < -0.3 is 10.1 Å². The van der Waals surface area contributed by atoms with Gasteiger partial charge in [-0.2, -0.15) is 4.39 Å². The molecule has 7 heteroatoms. The fourth-order valence-electron chi connectivity index (χ4n) is 1.24. The van der Waals surface area contributed by atoms with Crippen LogP contribution >= 0.6 is 0 Å². The summed E-state index contributed by atoms with van der Waals surface area (Å²) < 4.78 is 18.2. The minimum absolute atomic E-state index is 0.132. The summed E-state index contributed by atoms with van der Waals surface area (Å²) in [6.45, 7) is 2.23. The Morgan fingerprint density at radius 1 is 1.56 bits per heavy atom. The molecule has 0 bridgehead atoms. The molecular formula is C11H13FN2O4.